The molecule has 0 aliphatic rings. The zero-order valence-corrected chi connectivity index (χ0v) is 24.8. The maximum Gasteiger partial charge on any atom is 0.343 e. The van der Waals surface area contributed by atoms with Crippen molar-refractivity contribution < 1.29 is 32.2 Å². The molecule has 43 heavy (non-hydrogen) atoms. The average Bonchev–Trinajstić information content (AvgIpc) is 2.99. The Kier molecular flexibility index (Phi) is 10.4. The number of sulfonamides is 1. The van der Waals surface area contributed by atoms with Crippen LogP contribution in [-0.4, -0.2) is 39.7 Å². The molecule has 0 radical (unpaired) electrons. The van der Waals surface area contributed by atoms with Crippen molar-refractivity contribution in [3.8, 4) is 17.2 Å². The van der Waals surface area contributed by atoms with E-state index in [4.69, 9.17) is 25.8 Å². The fourth-order valence-corrected chi connectivity index (χ4v) is 4.90. The highest BCUT2D eigenvalue weighted by atomic mass is 35.5. The number of nitrogens with one attached hydrogen (secondary N) is 2. The monoisotopic (exact) mass is 621 g/mol. The lowest BCUT2D eigenvalue weighted by Crippen LogP contribution is -2.18. The molecule has 4 aromatic rings. The van der Waals surface area contributed by atoms with E-state index in [9.17, 15) is 18.0 Å². The predicted octanol–water partition coefficient (Wildman–Crippen LogP) is 5.92. The van der Waals surface area contributed by atoms with Gasteiger partial charge in [0, 0.05) is 16.3 Å². The van der Waals surface area contributed by atoms with Gasteiger partial charge in [0.1, 0.15) is 5.75 Å². The lowest BCUT2D eigenvalue weighted by atomic mass is 10.2. The smallest absolute Gasteiger partial charge is 0.343 e. The molecule has 0 aliphatic heterocycles. The quantitative estimate of drug-likeness (QED) is 0.0868. The van der Waals surface area contributed by atoms with Crippen molar-refractivity contribution in [2.75, 3.05) is 17.9 Å². The van der Waals surface area contributed by atoms with E-state index in [1.165, 1.54) is 54.7 Å². The normalized spacial score (nSPS) is 11.1. The minimum Gasteiger partial charge on any atom is -0.494 e. The van der Waals surface area contributed by atoms with E-state index in [1.54, 1.807) is 49.4 Å². The number of esters is 1. The second-order valence-electron chi connectivity index (χ2n) is 8.82. The molecule has 2 N–H and O–H groups in total. The van der Waals surface area contributed by atoms with Crippen LogP contribution in [0, 0.1) is 0 Å². The van der Waals surface area contributed by atoms with E-state index in [0.717, 1.165) is 0 Å². The van der Waals surface area contributed by atoms with Crippen molar-refractivity contribution >= 4 is 45.4 Å². The lowest BCUT2D eigenvalue weighted by Gasteiger charge is -2.11. The van der Waals surface area contributed by atoms with Gasteiger partial charge in [-0.3, -0.25) is 9.52 Å². The SMILES string of the molecule is CCOc1ccc(C(=O)Oc2ccc(/C=N/NC(=O)c3ccc(NS(=O)(=O)c4ccc(Cl)cc4)cc3)cc2OCC)cc1. The Morgan fingerprint density at radius 2 is 1.47 bits per heavy atom. The highest BCUT2D eigenvalue weighted by Gasteiger charge is 2.15. The molecule has 12 heteroatoms. The van der Waals surface area contributed by atoms with Crippen molar-refractivity contribution in [1.82, 2.24) is 5.43 Å². The molecule has 0 saturated carbocycles. The van der Waals surface area contributed by atoms with Crippen molar-refractivity contribution in [2.24, 2.45) is 5.10 Å². The molecule has 222 valence electrons. The number of hydrogen-bond acceptors (Lipinski definition) is 8. The maximum atomic E-state index is 12.6. The minimum atomic E-state index is -3.82. The number of carbonyl (C=O) groups is 2. The van der Waals surface area contributed by atoms with Crippen LogP contribution in [-0.2, 0) is 10.0 Å². The van der Waals surface area contributed by atoms with Gasteiger partial charge in [0.05, 0.1) is 29.9 Å². The topological polar surface area (TPSA) is 132 Å². The Labute approximate surface area is 254 Å². The summed E-state index contributed by atoms with van der Waals surface area (Å²) in [6, 6.07) is 23.1. The zero-order valence-electron chi connectivity index (χ0n) is 23.2. The highest BCUT2D eigenvalue weighted by molar-refractivity contribution is 7.92. The molecule has 0 saturated heterocycles. The number of rotatable bonds is 12. The van der Waals surface area contributed by atoms with E-state index in [0.29, 0.717) is 40.9 Å². The predicted molar refractivity (Wildman–Crippen MR) is 164 cm³/mol. The fraction of sp³-hybridized carbons (Fsp3) is 0.129. The Balaban J connectivity index is 1.36. The second kappa shape index (κ2) is 14.3. The number of halogens is 1. The van der Waals surface area contributed by atoms with Crippen LogP contribution in [0.25, 0.3) is 0 Å². The van der Waals surface area contributed by atoms with Crippen LogP contribution in [0.5, 0.6) is 17.2 Å². The highest BCUT2D eigenvalue weighted by Crippen LogP contribution is 2.29. The number of nitrogens with zero attached hydrogens (tertiary/aromatic N) is 1. The molecule has 0 fully saturated rings. The largest absolute Gasteiger partial charge is 0.494 e. The Morgan fingerprint density at radius 1 is 0.814 bits per heavy atom. The summed E-state index contributed by atoms with van der Waals surface area (Å²) in [5.41, 5.74) is 3.90. The number of ether oxygens (including phenoxy) is 3. The first kappa shape index (κ1) is 31.1. The summed E-state index contributed by atoms with van der Waals surface area (Å²) in [6.07, 6.45) is 1.41. The van der Waals surface area contributed by atoms with Gasteiger partial charge in [-0.25, -0.2) is 18.6 Å². The van der Waals surface area contributed by atoms with Gasteiger partial charge in [-0.15, -0.1) is 0 Å². The lowest BCUT2D eigenvalue weighted by molar-refractivity contribution is 0.0728. The number of amides is 1. The van der Waals surface area contributed by atoms with Gasteiger partial charge in [-0.1, -0.05) is 11.6 Å². The van der Waals surface area contributed by atoms with Crippen molar-refractivity contribution in [1.29, 1.82) is 0 Å². The molecule has 4 rings (SSSR count). The van der Waals surface area contributed by atoms with Gasteiger partial charge in [-0.05, 0) is 110 Å². The Hall–Kier alpha value is -4.87. The van der Waals surface area contributed by atoms with Crippen LogP contribution >= 0.6 is 11.6 Å². The van der Waals surface area contributed by atoms with Gasteiger partial charge >= 0.3 is 5.97 Å². The number of benzene rings is 4. The van der Waals surface area contributed by atoms with Crippen LogP contribution in [0.2, 0.25) is 5.02 Å². The number of hydrazone groups is 1. The van der Waals surface area contributed by atoms with E-state index >= 15 is 0 Å². The van der Waals surface area contributed by atoms with Gasteiger partial charge in [0.25, 0.3) is 15.9 Å². The maximum absolute atomic E-state index is 12.6. The molecule has 1 amide bonds. The number of anilines is 1. The summed E-state index contributed by atoms with van der Waals surface area (Å²) in [5, 5.41) is 4.41. The Morgan fingerprint density at radius 3 is 2.12 bits per heavy atom. The van der Waals surface area contributed by atoms with Gasteiger partial charge < -0.3 is 14.2 Å². The first-order chi connectivity index (χ1) is 20.7. The summed E-state index contributed by atoms with van der Waals surface area (Å²) >= 11 is 5.82. The zero-order chi connectivity index (χ0) is 30.8. The molecule has 0 spiro atoms. The van der Waals surface area contributed by atoms with E-state index in [2.05, 4.69) is 15.2 Å². The summed E-state index contributed by atoms with van der Waals surface area (Å²) in [4.78, 5) is 25.3. The molecule has 0 aromatic heterocycles. The molecule has 4 aromatic carbocycles. The van der Waals surface area contributed by atoms with Crippen molar-refractivity contribution in [2.45, 2.75) is 18.7 Å². The fourth-order valence-electron chi connectivity index (χ4n) is 3.72. The third-order valence-corrected chi connectivity index (χ3v) is 7.42. The van der Waals surface area contributed by atoms with Crippen LogP contribution in [0.1, 0.15) is 40.1 Å². The summed E-state index contributed by atoms with van der Waals surface area (Å²) < 4.78 is 44.1. The van der Waals surface area contributed by atoms with Crippen LogP contribution in [0.15, 0.2) is 101 Å². The first-order valence-corrected chi connectivity index (χ1v) is 15.0. The molecule has 0 unspecified atom stereocenters. The van der Waals surface area contributed by atoms with E-state index in [1.807, 2.05) is 6.92 Å². The summed E-state index contributed by atoms with van der Waals surface area (Å²) in [5.74, 6) is 0.151. The van der Waals surface area contributed by atoms with Crippen LogP contribution in [0.4, 0.5) is 5.69 Å². The average molecular weight is 622 g/mol. The second-order valence-corrected chi connectivity index (χ2v) is 10.9. The molecular weight excluding hydrogens is 594 g/mol. The molecule has 0 bridgehead atoms. The minimum absolute atomic E-state index is 0.0550. The third kappa shape index (κ3) is 8.57. The standard InChI is InChI=1S/C31H28ClN3O7S/c1-3-40-26-14-8-23(9-15-26)31(37)42-28-18-5-21(19-29(28)41-4-2)20-33-34-30(36)22-6-12-25(13-7-22)35-43(38,39)27-16-10-24(32)11-17-27/h5-20,35H,3-4H2,1-2H3,(H,34,36)/b33-20+. The van der Waals surface area contributed by atoms with E-state index < -0.39 is 21.9 Å². The number of carbonyl (C=O) groups excluding carboxylic acids is 2. The molecule has 10 nitrogen and oxygen atoms in total. The van der Waals surface area contributed by atoms with Gasteiger partial charge in [0.2, 0.25) is 0 Å². The summed E-state index contributed by atoms with van der Waals surface area (Å²) in [7, 11) is -3.82. The van der Waals surface area contributed by atoms with E-state index in [-0.39, 0.29) is 21.9 Å². The van der Waals surface area contributed by atoms with Crippen molar-refractivity contribution in [3.63, 3.8) is 0 Å². The Bertz CT molecular complexity index is 1710. The van der Waals surface area contributed by atoms with Gasteiger partial charge in [-0.2, -0.15) is 5.10 Å². The molecule has 0 heterocycles. The molecule has 0 aliphatic carbocycles. The molecular formula is C31H28ClN3O7S. The van der Waals surface area contributed by atoms with Crippen LogP contribution in [0.3, 0.4) is 0 Å². The molecule has 0 atom stereocenters. The number of hydrogen-bond donors (Lipinski definition) is 2. The van der Waals surface area contributed by atoms with Gasteiger partial charge in [0.15, 0.2) is 11.5 Å². The first-order valence-electron chi connectivity index (χ1n) is 13.1. The summed E-state index contributed by atoms with van der Waals surface area (Å²) in [6.45, 7) is 4.52. The van der Waals surface area contributed by atoms with Crippen LogP contribution < -0.4 is 24.4 Å². The third-order valence-electron chi connectivity index (χ3n) is 5.77. The van der Waals surface area contributed by atoms with Crippen molar-refractivity contribution in [3.05, 3.63) is 113 Å².